The molecule has 0 spiro atoms. The average Bonchev–Trinajstić information content (AvgIpc) is 3.19. The number of benzene rings is 4. The van der Waals surface area contributed by atoms with Gasteiger partial charge in [0.25, 0.3) is 0 Å². The number of amides is 1. The van der Waals surface area contributed by atoms with E-state index in [1.165, 1.54) is 16.7 Å². The summed E-state index contributed by atoms with van der Waals surface area (Å²) in [6, 6.07) is 29.2. The lowest BCUT2D eigenvalue weighted by molar-refractivity contribution is 0.112. The molecular formula is C29H22ClNO3S. The van der Waals surface area contributed by atoms with Crippen LogP contribution >= 0.6 is 23.4 Å². The van der Waals surface area contributed by atoms with E-state index < -0.39 is 6.09 Å². The summed E-state index contributed by atoms with van der Waals surface area (Å²) < 4.78 is 0. The Bertz CT molecular complexity index is 1380. The number of fused-ring (bicyclic) bond motifs is 3. The Morgan fingerprint density at radius 2 is 1.51 bits per heavy atom. The van der Waals surface area contributed by atoms with E-state index in [0.717, 1.165) is 43.9 Å². The lowest BCUT2D eigenvalue weighted by Crippen LogP contribution is -2.33. The van der Waals surface area contributed by atoms with Crippen molar-refractivity contribution in [3.05, 3.63) is 118 Å². The summed E-state index contributed by atoms with van der Waals surface area (Å²) in [6.07, 6.45) is -0.160. The summed E-state index contributed by atoms with van der Waals surface area (Å²) in [7, 11) is 0. The molecule has 0 bridgehead atoms. The third-order valence-corrected chi connectivity index (χ3v) is 7.73. The van der Waals surface area contributed by atoms with Crippen molar-refractivity contribution in [2.24, 2.45) is 0 Å². The molecule has 0 heterocycles. The Balaban J connectivity index is 1.47. The van der Waals surface area contributed by atoms with Crippen molar-refractivity contribution in [1.29, 1.82) is 0 Å². The molecule has 1 N–H and O–H groups in total. The van der Waals surface area contributed by atoms with Gasteiger partial charge in [-0.15, -0.1) is 0 Å². The van der Waals surface area contributed by atoms with E-state index in [1.807, 2.05) is 48.5 Å². The Labute approximate surface area is 213 Å². The molecule has 174 valence electrons. The van der Waals surface area contributed by atoms with Gasteiger partial charge in [-0.2, -0.15) is 0 Å². The minimum atomic E-state index is -0.990. The molecule has 4 nitrogen and oxygen atoms in total. The molecular weight excluding hydrogens is 478 g/mol. The number of carboxylic acid groups (broad SMARTS) is 1. The van der Waals surface area contributed by atoms with E-state index in [0.29, 0.717) is 17.1 Å². The molecule has 6 heteroatoms. The Hall–Kier alpha value is -3.54. The second-order valence-corrected chi connectivity index (χ2v) is 9.92. The summed E-state index contributed by atoms with van der Waals surface area (Å²) in [4.78, 5) is 27.0. The van der Waals surface area contributed by atoms with Crippen molar-refractivity contribution in [2.75, 3.05) is 6.54 Å². The third-order valence-electron chi connectivity index (χ3n) is 6.29. The molecule has 0 saturated heterocycles. The zero-order chi connectivity index (χ0) is 24.4. The van der Waals surface area contributed by atoms with Crippen LogP contribution in [0.5, 0.6) is 0 Å². The number of rotatable bonds is 7. The predicted octanol–water partition coefficient (Wildman–Crippen LogP) is 7.60. The number of carbonyl (C=O) groups excluding carboxylic acids is 1. The van der Waals surface area contributed by atoms with Crippen LogP contribution in [0.15, 0.2) is 101 Å². The summed E-state index contributed by atoms with van der Waals surface area (Å²) in [5, 5.41) is 10.7. The number of nitrogens with zero attached hydrogens (tertiary/aromatic N) is 1. The fourth-order valence-electron chi connectivity index (χ4n) is 4.65. The van der Waals surface area contributed by atoms with E-state index in [4.69, 9.17) is 11.6 Å². The van der Waals surface area contributed by atoms with Gasteiger partial charge in [0.1, 0.15) is 0 Å². The lowest BCUT2D eigenvalue weighted by Gasteiger charge is -2.25. The van der Waals surface area contributed by atoms with Crippen molar-refractivity contribution in [3.8, 4) is 11.1 Å². The van der Waals surface area contributed by atoms with E-state index >= 15 is 0 Å². The summed E-state index contributed by atoms with van der Waals surface area (Å²) >= 11 is 7.75. The van der Waals surface area contributed by atoms with Crippen LogP contribution in [-0.2, 0) is 6.54 Å². The Kier molecular flexibility index (Phi) is 6.62. The first kappa shape index (κ1) is 23.2. The zero-order valence-electron chi connectivity index (χ0n) is 18.7. The van der Waals surface area contributed by atoms with Crippen molar-refractivity contribution < 1.29 is 14.7 Å². The van der Waals surface area contributed by atoms with Gasteiger partial charge in [0, 0.05) is 32.8 Å². The molecule has 0 atom stereocenters. The largest absolute Gasteiger partial charge is 0.465 e. The van der Waals surface area contributed by atoms with Crippen LogP contribution in [0.4, 0.5) is 4.79 Å². The minimum Gasteiger partial charge on any atom is -0.465 e. The molecule has 1 amide bonds. The highest BCUT2D eigenvalue weighted by Gasteiger charge is 2.31. The van der Waals surface area contributed by atoms with Gasteiger partial charge in [-0.3, -0.25) is 4.79 Å². The summed E-state index contributed by atoms with van der Waals surface area (Å²) in [6.45, 7) is 0.507. The first-order valence-electron chi connectivity index (χ1n) is 11.2. The highest BCUT2D eigenvalue weighted by atomic mass is 35.5. The molecule has 35 heavy (non-hydrogen) atoms. The summed E-state index contributed by atoms with van der Waals surface area (Å²) in [5.74, 6) is -0.0513. The molecule has 4 aromatic carbocycles. The van der Waals surface area contributed by atoms with Crippen LogP contribution in [0.1, 0.15) is 33.0 Å². The van der Waals surface area contributed by atoms with Crippen molar-refractivity contribution in [1.82, 2.24) is 4.90 Å². The van der Waals surface area contributed by atoms with Crippen LogP contribution in [0.2, 0.25) is 5.02 Å². The molecule has 5 rings (SSSR count). The number of hydrogen-bond acceptors (Lipinski definition) is 3. The first-order valence-corrected chi connectivity index (χ1v) is 12.4. The Morgan fingerprint density at radius 1 is 0.886 bits per heavy atom. The third kappa shape index (κ3) is 4.70. The maximum Gasteiger partial charge on any atom is 0.407 e. The van der Waals surface area contributed by atoms with Crippen LogP contribution in [0, 0.1) is 0 Å². The second-order valence-electron chi connectivity index (χ2n) is 8.40. The van der Waals surface area contributed by atoms with Crippen LogP contribution in [0.25, 0.3) is 11.1 Å². The predicted molar refractivity (Wildman–Crippen MR) is 140 cm³/mol. The van der Waals surface area contributed by atoms with Crippen molar-refractivity contribution >= 4 is 35.7 Å². The molecule has 0 aromatic heterocycles. The van der Waals surface area contributed by atoms with Crippen molar-refractivity contribution in [3.63, 3.8) is 0 Å². The smallest absolute Gasteiger partial charge is 0.407 e. The normalized spacial score (nSPS) is 12.1. The summed E-state index contributed by atoms with van der Waals surface area (Å²) in [5.41, 5.74) is 5.98. The molecule has 0 aliphatic heterocycles. The highest BCUT2D eigenvalue weighted by Crippen LogP contribution is 2.45. The molecule has 1 aliphatic carbocycles. The number of aldehydes is 1. The Morgan fingerprint density at radius 3 is 2.17 bits per heavy atom. The van der Waals surface area contributed by atoms with Gasteiger partial charge in [0.2, 0.25) is 0 Å². The van der Waals surface area contributed by atoms with Crippen LogP contribution < -0.4 is 0 Å². The van der Waals surface area contributed by atoms with E-state index in [-0.39, 0.29) is 12.5 Å². The van der Waals surface area contributed by atoms with Gasteiger partial charge in [-0.1, -0.05) is 90.1 Å². The first-order chi connectivity index (χ1) is 17.0. The van der Waals surface area contributed by atoms with Crippen molar-refractivity contribution in [2.45, 2.75) is 22.3 Å². The van der Waals surface area contributed by atoms with Crippen LogP contribution in [-0.4, -0.2) is 28.9 Å². The lowest BCUT2D eigenvalue weighted by atomic mass is 9.96. The highest BCUT2D eigenvalue weighted by molar-refractivity contribution is 7.99. The van der Waals surface area contributed by atoms with E-state index in [9.17, 15) is 14.7 Å². The minimum absolute atomic E-state index is 0.0513. The number of hydrogen-bond donors (Lipinski definition) is 1. The number of carbonyl (C=O) groups is 2. The maximum absolute atomic E-state index is 12.4. The number of halogens is 1. The molecule has 0 saturated carbocycles. The zero-order valence-corrected chi connectivity index (χ0v) is 20.3. The van der Waals surface area contributed by atoms with Gasteiger partial charge in [-0.25, -0.2) is 4.79 Å². The van der Waals surface area contributed by atoms with Crippen LogP contribution in [0.3, 0.4) is 0 Å². The second kappa shape index (κ2) is 9.98. The quantitative estimate of drug-likeness (QED) is 0.266. The fraction of sp³-hybridized carbons (Fsp3) is 0.103. The van der Waals surface area contributed by atoms with Gasteiger partial charge in [-0.05, 0) is 52.1 Å². The van der Waals surface area contributed by atoms with Gasteiger partial charge >= 0.3 is 6.09 Å². The topological polar surface area (TPSA) is 57.6 Å². The SMILES string of the molecule is O=Cc1ccccc1Sc1ccc(Cl)cc1CN(CC1c2ccccc2-c2ccccc21)C(=O)O. The van der Waals surface area contributed by atoms with Gasteiger partial charge in [0.15, 0.2) is 6.29 Å². The fourth-order valence-corrected chi connectivity index (χ4v) is 5.86. The maximum atomic E-state index is 12.4. The molecule has 1 aliphatic rings. The monoisotopic (exact) mass is 499 g/mol. The van der Waals surface area contributed by atoms with Gasteiger partial charge < -0.3 is 10.0 Å². The van der Waals surface area contributed by atoms with E-state index in [1.54, 1.807) is 18.2 Å². The average molecular weight is 500 g/mol. The molecule has 4 aromatic rings. The van der Waals surface area contributed by atoms with E-state index in [2.05, 4.69) is 24.3 Å². The molecule has 0 fully saturated rings. The standard InChI is InChI=1S/C29H22ClNO3S/c30-21-13-14-28(35-27-12-6-1-7-19(27)18-32)20(15-21)16-31(29(33)34)17-26-24-10-4-2-8-22(24)23-9-3-5-11-25(23)26/h1-15,18,26H,16-17H2,(H,33,34). The molecule has 0 unspecified atom stereocenters. The van der Waals surface area contributed by atoms with Gasteiger partial charge in [0.05, 0.1) is 6.54 Å². The molecule has 0 radical (unpaired) electrons.